The maximum Gasteiger partial charge on any atom is 0.251 e. The van der Waals surface area contributed by atoms with Crippen molar-refractivity contribution in [1.82, 2.24) is 20.1 Å². The molecule has 0 spiro atoms. The Bertz CT molecular complexity index is 640. The molecule has 104 valence electrons. The van der Waals surface area contributed by atoms with E-state index in [2.05, 4.69) is 26.1 Å². The van der Waals surface area contributed by atoms with Gasteiger partial charge in [-0.05, 0) is 32.4 Å². The third kappa shape index (κ3) is 2.43. The van der Waals surface area contributed by atoms with Crippen molar-refractivity contribution in [2.45, 2.75) is 39.8 Å². The molecule has 1 aromatic heterocycles. The van der Waals surface area contributed by atoms with Crippen molar-refractivity contribution in [2.75, 3.05) is 0 Å². The smallest absolute Gasteiger partial charge is 0.251 e. The van der Waals surface area contributed by atoms with E-state index in [0.717, 1.165) is 42.2 Å². The summed E-state index contributed by atoms with van der Waals surface area (Å²) >= 11 is 0. The van der Waals surface area contributed by atoms with Gasteiger partial charge in [0.25, 0.3) is 5.91 Å². The molecule has 0 saturated heterocycles. The largest absolute Gasteiger partial charge is 0.345 e. The van der Waals surface area contributed by atoms with Gasteiger partial charge in [-0.3, -0.25) is 4.79 Å². The maximum atomic E-state index is 12.2. The highest BCUT2D eigenvalue weighted by Crippen LogP contribution is 2.14. The van der Waals surface area contributed by atoms with Crippen molar-refractivity contribution < 1.29 is 4.79 Å². The second kappa shape index (κ2) is 5.07. The molecule has 0 bridgehead atoms. The van der Waals surface area contributed by atoms with Crippen LogP contribution in [0.1, 0.15) is 39.6 Å². The van der Waals surface area contributed by atoms with E-state index in [0.29, 0.717) is 12.1 Å². The molecule has 0 aliphatic carbocycles. The van der Waals surface area contributed by atoms with Crippen molar-refractivity contribution in [2.24, 2.45) is 0 Å². The monoisotopic (exact) mass is 270 g/mol. The van der Waals surface area contributed by atoms with Crippen molar-refractivity contribution in [3.63, 3.8) is 0 Å². The summed E-state index contributed by atoms with van der Waals surface area (Å²) in [4.78, 5) is 12.2. The Labute approximate surface area is 118 Å². The fourth-order valence-corrected chi connectivity index (χ4v) is 2.71. The van der Waals surface area contributed by atoms with E-state index >= 15 is 0 Å². The molecule has 0 unspecified atom stereocenters. The first-order valence-corrected chi connectivity index (χ1v) is 6.91. The third-order valence-electron chi connectivity index (χ3n) is 3.58. The second-order valence-electron chi connectivity index (χ2n) is 5.35. The molecule has 1 aliphatic rings. The number of hydrogen-bond acceptors (Lipinski definition) is 3. The molecule has 2 aromatic rings. The number of hydrogen-bond donors (Lipinski definition) is 1. The lowest BCUT2D eigenvalue weighted by atomic mass is 10.1. The Morgan fingerprint density at radius 2 is 2.00 bits per heavy atom. The van der Waals surface area contributed by atoms with Gasteiger partial charge in [0, 0.05) is 18.5 Å². The van der Waals surface area contributed by atoms with Gasteiger partial charge >= 0.3 is 0 Å². The molecule has 1 N–H and O–H groups in total. The zero-order valence-electron chi connectivity index (χ0n) is 11.8. The molecule has 0 atom stereocenters. The van der Waals surface area contributed by atoms with Gasteiger partial charge in [0.05, 0.1) is 6.54 Å². The van der Waals surface area contributed by atoms with Crippen LogP contribution in [-0.4, -0.2) is 20.7 Å². The number of carbonyl (C=O) groups is 1. The number of aryl methyl sites for hydroxylation is 3. The first-order valence-electron chi connectivity index (χ1n) is 6.91. The van der Waals surface area contributed by atoms with Gasteiger partial charge in [0.15, 0.2) is 5.82 Å². The Morgan fingerprint density at radius 3 is 2.75 bits per heavy atom. The number of amides is 1. The van der Waals surface area contributed by atoms with Gasteiger partial charge in [-0.1, -0.05) is 17.2 Å². The molecule has 1 amide bonds. The molecule has 0 radical (unpaired) electrons. The number of benzene rings is 1. The van der Waals surface area contributed by atoms with Gasteiger partial charge in [0.1, 0.15) is 5.82 Å². The molecule has 5 heteroatoms. The summed E-state index contributed by atoms with van der Waals surface area (Å²) in [7, 11) is 0. The van der Waals surface area contributed by atoms with E-state index < -0.39 is 0 Å². The Hall–Kier alpha value is -2.17. The summed E-state index contributed by atoms with van der Waals surface area (Å²) < 4.78 is 2.10. The Balaban J connectivity index is 1.70. The number of aromatic nitrogens is 3. The second-order valence-corrected chi connectivity index (χ2v) is 5.35. The summed E-state index contributed by atoms with van der Waals surface area (Å²) in [6, 6.07) is 5.86. The molecule has 5 nitrogen and oxygen atoms in total. The summed E-state index contributed by atoms with van der Waals surface area (Å²) in [6.07, 6.45) is 2.10. The van der Waals surface area contributed by atoms with Crippen molar-refractivity contribution in [3.8, 4) is 0 Å². The summed E-state index contributed by atoms with van der Waals surface area (Å²) in [5, 5.41) is 11.2. The predicted molar refractivity (Wildman–Crippen MR) is 75.4 cm³/mol. The molecular weight excluding hydrogens is 252 g/mol. The number of nitrogens with zero attached hydrogens (tertiary/aromatic N) is 3. The lowest BCUT2D eigenvalue weighted by Crippen LogP contribution is -2.24. The number of carbonyl (C=O) groups excluding carboxylic acids is 1. The van der Waals surface area contributed by atoms with E-state index in [1.807, 2.05) is 26.0 Å². The molecule has 1 aliphatic heterocycles. The maximum absolute atomic E-state index is 12.2. The molecule has 0 fully saturated rings. The minimum absolute atomic E-state index is 0.0628. The lowest BCUT2D eigenvalue weighted by molar-refractivity contribution is 0.0949. The van der Waals surface area contributed by atoms with Crippen molar-refractivity contribution in [1.29, 1.82) is 0 Å². The van der Waals surface area contributed by atoms with Crippen molar-refractivity contribution >= 4 is 5.91 Å². The number of rotatable bonds is 3. The topological polar surface area (TPSA) is 59.8 Å². The first-order chi connectivity index (χ1) is 9.63. The van der Waals surface area contributed by atoms with Gasteiger partial charge in [-0.2, -0.15) is 0 Å². The zero-order chi connectivity index (χ0) is 14.1. The van der Waals surface area contributed by atoms with Crippen LogP contribution in [0.15, 0.2) is 18.2 Å². The van der Waals surface area contributed by atoms with Gasteiger partial charge in [0.2, 0.25) is 0 Å². The van der Waals surface area contributed by atoms with E-state index in [1.165, 1.54) is 0 Å². The van der Waals surface area contributed by atoms with Crippen LogP contribution in [0.5, 0.6) is 0 Å². The molecule has 20 heavy (non-hydrogen) atoms. The number of fused-ring (bicyclic) bond motifs is 1. The van der Waals surface area contributed by atoms with E-state index in [-0.39, 0.29) is 5.91 Å². The lowest BCUT2D eigenvalue weighted by Gasteiger charge is -2.07. The summed E-state index contributed by atoms with van der Waals surface area (Å²) in [5.41, 5.74) is 2.89. The average Bonchev–Trinajstić information content (AvgIpc) is 2.98. The van der Waals surface area contributed by atoms with Gasteiger partial charge in [-0.15, -0.1) is 10.2 Å². The van der Waals surface area contributed by atoms with E-state index in [9.17, 15) is 4.79 Å². The van der Waals surface area contributed by atoms with Crippen LogP contribution < -0.4 is 5.32 Å². The normalized spacial score (nSPS) is 13.3. The minimum Gasteiger partial charge on any atom is -0.345 e. The van der Waals surface area contributed by atoms with Crippen LogP contribution in [0.3, 0.4) is 0 Å². The van der Waals surface area contributed by atoms with E-state index in [4.69, 9.17) is 0 Å². The van der Waals surface area contributed by atoms with Crippen LogP contribution in [0.4, 0.5) is 0 Å². The quantitative estimate of drug-likeness (QED) is 0.924. The Kier molecular flexibility index (Phi) is 3.26. The van der Waals surface area contributed by atoms with Crippen molar-refractivity contribution in [3.05, 3.63) is 46.5 Å². The highest BCUT2D eigenvalue weighted by Gasteiger charge is 2.17. The van der Waals surface area contributed by atoms with Crippen LogP contribution >= 0.6 is 0 Å². The minimum atomic E-state index is -0.0628. The SMILES string of the molecule is Cc1cc(C)cc(C(=O)NCc2nnc3n2CCC3)c1. The van der Waals surface area contributed by atoms with Crippen LogP contribution in [0.25, 0.3) is 0 Å². The molecule has 3 rings (SSSR count). The zero-order valence-corrected chi connectivity index (χ0v) is 11.8. The summed E-state index contributed by atoms with van der Waals surface area (Å²) in [5.74, 6) is 1.81. The fourth-order valence-electron chi connectivity index (χ4n) is 2.71. The number of nitrogens with one attached hydrogen (secondary N) is 1. The van der Waals surface area contributed by atoms with Gasteiger partial charge < -0.3 is 9.88 Å². The molecule has 1 aromatic carbocycles. The summed E-state index contributed by atoms with van der Waals surface area (Å²) in [6.45, 7) is 5.38. The van der Waals surface area contributed by atoms with Crippen LogP contribution in [0.2, 0.25) is 0 Å². The highest BCUT2D eigenvalue weighted by molar-refractivity contribution is 5.94. The highest BCUT2D eigenvalue weighted by atomic mass is 16.1. The molecule has 2 heterocycles. The third-order valence-corrected chi connectivity index (χ3v) is 3.58. The average molecular weight is 270 g/mol. The van der Waals surface area contributed by atoms with Crippen LogP contribution in [0, 0.1) is 13.8 Å². The first kappa shape index (κ1) is 12.8. The van der Waals surface area contributed by atoms with Gasteiger partial charge in [-0.25, -0.2) is 0 Å². The van der Waals surface area contributed by atoms with E-state index in [1.54, 1.807) is 0 Å². The standard InChI is InChI=1S/C15H18N4O/c1-10-6-11(2)8-12(7-10)15(20)16-9-14-18-17-13-4-3-5-19(13)14/h6-8H,3-5,9H2,1-2H3,(H,16,20). The predicted octanol–water partition coefficient (Wildman–Crippen LogP) is 1.77. The molecule has 0 saturated carbocycles. The fraction of sp³-hybridized carbons (Fsp3) is 0.400. The van der Waals surface area contributed by atoms with Crippen LogP contribution in [-0.2, 0) is 19.5 Å². The Morgan fingerprint density at radius 1 is 1.25 bits per heavy atom. The molecular formula is C15H18N4O.